The number of hydrogen-bond acceptors (Lipinski definition) is 8. The molecule has 10 heteroatoms. The fraction of sp³-hybridized carbons (Fsp3) is 0.619. The van der Waals surface area contributed by atoms with Crippen molar-refractivity contribution in [3.05, 3.63) is 29.8 Å². The number of carbonyl (C=O) groups excluding carboxylic acids is 1. The van der Waals surface area contributed by atoms with Crippen LogP contribution in [-0.2, 0) is 24.0 Å². The summed E-state index contributed by atoms with van der Waals surface area (Å²) in [5.41, 5.74) is 0.245. The lowest BCUT2D eigenvalue weighted by molar-refractivity contribution is 0.000680. The topological polar surface area (TPSA) is 82.1 Å². The van der Waals surface area contributed by atoms with Gasteiger partial charge in [-0.05, 0) is 58.3 Å². The Labute approximate surface area is 192 Å². The molecule has 4 fully saturated rings. The zero-order chi connectivity index (χ0) is 22.9. The Morgan fingerprint density at radius 1 is 1.23 bits per heavy atom. The minimum Gasteiger partial charge on any atom is -0.473 e. The summed E-state index contributed by atoms with van der Waals surface area (Å²) >= 11 is 6.52. The van der Waals surface area contributed by atoms with Gasteiger partial charge in [0.1, 0.15) is 28.6 Å². The van der Waals surface area contributed by atoms with Crippen molar-refractivity contribution < 1.29 is 27.4 Å². The summed E-state index contributed by atoms with van der Waals surface area (Å²) in [7, 11) is -2.36. The summed E-state index contributed by atoms with van der Waals surface area (Å²) in [5.74, 6) is -0.439. The zero-order valence-electron chi connectivity index (χ0n) is 18.3. The molecule has 2 aliphatic heterocycles. The minimum absolute atomic E-state index is 0.213. The molecule has 1 aromatic carbocycles. The molecule has 170 valence electrons. The highest BCUT2D eigenvalue weighted by molar-refractivity contribution is 8.22. The molecule has 2 heterocycles. The van der Waals surface area contributed by atoms with E-state index in [0.29, 0.717) is 4.38 Å². The van der Waals surface area contributed by atoms with Crippen molar-refractivity contribution in [3.63, 3.8) is 0 Å². The third-order valence-corrected chi connectivity index (χ3v) is 9.93. The highest BCUT2D eigenvalue weighted by Crippen LogP contribution is 2.73. The number of aryl methyl sites for hydroxylation is 1. The van der Waals surface area contributed by atoms with Gasteiger partial charge < -0.3 is 14.2 Å². The van der Waals surface area contributed by atoms with Crippen molar-refractivity contribution in [2.24, 2.45) is 5.92 Å². The smallest absolute Gasteiger partial charge is 0.411 e. The lowest BCUT2D eigenvalue weighted by Gasteiger charge is -2.29. The van der Waals surface area contributed by atoms with E-state index in [0.717, 1.165) is 5.56 Å². The minimum atomic E-state index is -3.84. The highest BCUT2D eigenvalue weighted by atomic mass is 32.2. The van der Waals surface area contributed by atoms with Crippen LogP contribution in [0.25, 0.3) is 0 Å². The Bertz CT molecular complexity index is 1020. The van der Waals surface area contributed by atoms with Gasteiger partial charge >= 0.3 is 6.09 Å². The number of thioether (sulfide) groups is 1. The van der Waals surface area contributed by atoms with Crippen molar-refractivity contribution in [1.82, 2.24) is 4.90 Å². The van der Waals surface area contributed by atoms with Crippen LogP contribution in [0.5, 0.6) is 0 Å². The summed E-state index contributed by atoms with van der Waals surface area (Å²) in [4.78, 5) is 14.8. The quantitative estimate of drug-likeness (QED) is 0.602. The molecule has 0 aromatic heterocycles. The van der Waals surface area contributed by atoms with Crippen LogP contribution < -0.4 is 0 Å². The standard InChI is InChI=1S/C21H27NO6S3/c1-11-7-9-12(10-8-11)31(24,25)21-13-15(27-19(29)30-6)14(17(21)26-5)22(16(13)21)18(23)28-20(2,3)4/h7-10,13-17H,1-6H3. The third-order valence-electron chi connectivity index (χ3n) is 6.33. The molecule has 4 bridgehead atoms. The second-order valence-electron chi connectivity index (χ2n) is 9.21. The van der Waals surface area contributed by atoms with Gasteiger partial charge in [0.15, 0.2) is 9.84 Å². The normalized spacial score (nSPS) is 33.4. The molecule has 1 aromatic rings. The molecule has 5 rings (SSSR count). The summed E-state index contributed by atoms with van der Waals surface area (Å²) in [5, 5.41) is 0. The number of methoxy groups -OCH3 is 1. The lowest BCUT2D eigenvalue weighted by atomic mass is 10.1. The van der Waals surface area contributed by atoms with Crippen LogP contribution in [0.15, 0.2) is 29.2 Å². The molecule has 6 unspecified atom stereocenters. The van der Waals surface area contributed by atoms with E-state index in [4.69, 9.17) is 26.4 Å². The number of ether oxygens (including phenoxy) is 3. The maximum Gasteiger partial charge on any atom is 0.411 e. The van der Waals surface area contributed by atoms with Crippen LogP contribution in [0.3, 0.4) is 0 Å². The van der Waals surface area contributed by atoms with Crippen LogP contribution in [0.4, 0.5) is 4.79 Å². The van der Waals surface area contributed by atoms with Crippen molar-refractivity contribution in [2.45, 2.75) is 67.2 Å². The van der Waals surface area contributed by atoms with E-state index >= 15 is 0 Å². The Kier molecular flexibility index (Phi) is 5.39. The van der Waals surface area contributed by atoms with Crippen LogP contribution in [0.1, 0.15) is 26.3 Å². The first-order chi connectivity index (χ1) is 14.4. The molecule has 2 aliphatic carbocycles. The molecular formula is C21H27NO6S3. The first-order valence-electron chi connectivity index (χ1n) is 10.0. The fourth-order valence-electron chi connectivity index (χ4n) is 5.31. The highest BCUT2D eigenvalue weighted by Gasteiger charge is 2.95. The van der Waals surface area contributed by atoms with Crippen LogP contribution in [0, 0.1) is 12.8 Å². The Hall–Kier alpha value is -1.36. The second-order valence-corrected chi connectivity index (χ2v) is 12.8. The maximum absolute atomic E-state index is 13.9. The van der Waals surface area contributed by atoms with Gasteiger partial charge in [-0.1, -0.05) is 29.5 Å². The molecule has 0 spiro atoms. The van der Waals surface area contributed by atoms with Gasteiger partial charge in [0.25, 0.3) is 0 Å². The average molecular weight is 486 g/mol. The molecule has 7 nitrogen and oxygen atoms in total. The number of hydrogen-bond donors (Lipinski definition) is 0. The number of benzene rings is 1. The van der Waals surface area contributed by atoms with Crippen LogP contribution >= 0.6 is 24.0 Å². The molecule has 0 radical (unpaired) electrons. The lowest BCUT2D eigenvalue weighted by Crippen LogP contribution is -2.46. The number of carbonyl (C=O) groups is 1. The van der Waals surface area contributed by atoms with Gasteiger partial charge in [-0.25, -0.2) is 13.2 Å². The predicted octanol–water partition coefficient (Wildman–Crippen LogP) is 3.19. The number of piperidine rings is 2. The van der Waals surface area contributed by atoms with Crippen LogP contribution in [-0.4, -0.2) is 71.8 Å². The molecular weight excluding hydrogens is 458 g/mol. The molecule has 6 atom stereocenters. The van der Waals surface area contributed by atoms with E-state index in [1.165, 1.54) is 23.8 Å². The molecule has 2 saturated carbocycles. The van der Waals surface area contributed by atoms with E-state index in [1.807, 2.05) is 6.92 Å². The SMILES string of the molecule is COC1C2C(OC(=S)SC)C3C(N2C(=O)OC(C)(C)C)C13S(=O)(=O)c1ccc(C)cc1. The van der Waals surface area contributed by atoms with Crippen molar-refractivity contribution >= 4 is 44.3 Å². The number of nitrogens with zero attached hydrogens (tertiary/aromatic N) is 1. The summed E-state index contributed by atoms with van der Waals surface area (Å²) in [6.07, 6.45) is -0.0718. The van der Waals surface area contributed by atoms with Gasteiger partial charge in [-0.15, -0.1) is 0 Å². The molecule has 0 N–H and O–H groups in total. The van der Waals surface area contributed by atoms with Gasteiger partial charge in [-0.2, -0.15) is 0 Å². The predicted molar refractivity (Wildman–Crippen MR) is 122 cm³/mol. The zero-order valence-corrected chi connectivity index (χ0v) is 20.8. The Morgan fingerprint density at radius 2 is 1.84 bits per heavy atom. The molecule has 31 heavy (non-hydrogen) atoms. The number of thiocarbonyl (C=S) groups is 1. The van der Waals surface area contributed by atoms with Crippen molar-refractivity contribution in [2.75, 3.05) is 13.4 Å². The van der Waals surface area contributed by atoms with Crippen LogP contribution in [0.2, 0.25) is 0 Å². The maximum atomic E-state index is 13.9. The van der Waals surface area contributed by atoms with Crippen molar-refractivity contribution in [3.8, 4) is 0 Å². The number of sulfone groups is 1. The van der Waals surface area contributed by atoms with Crippen molar-refractivity contribution in [1.29, 1.82) is 0 Å². The summed E-state index contributed by atoms with van der Waals surface area (Å²) < 4.78 is 44.2. The number of rotatable bonds is 4. The molecule has 2 saturated heterocycles. The first-order valence-corrected chi connectivity index (χ1v) is 13.1. The Morgan fingerprint density at radius 3 is 2.35 bits per heavy atom. The molecule has 4 aliphatic rings. The van der Waals surface area contributed by atoms with Gasteiger partial charge in [0.05, 0.1) is 10.9 Å². The van der Waals surface area contributed by atoms with Gasteiger partial charge in [-0.3, -0.25) is 4.90 Å². The largest absolute Gasteiger partial charge is 0.473 e. The summed E-state index contributed by atoms with van der Waals surface area (Å²) in [6.45, 7) is 7.23. The average Bonchev–Trinajstić information content (AvgIpc) is 2.97. The van der Waals surface area contributed by atoms with E-state index in [2.05, 4.69) is 0 Å². The first kappa shape index (κ1) is 22.8. The van der Waals surface area contributed by atoms with E-state index in [9.17, 15) is 13.2 Å². The monoisotopic (exact) mass is 485 g/mol. The van der Waals surface area contributed by atoms with E-state index in [-0.39, 0.29) is 4.90 Å². The van der Waals surface area contributed by atoms with E-state index in [1.54, 1.807) is 51.3 Å². The van der Waals surface area contributed by atoms with Gasteiger partial charge in [0, 0.05) is 13.0 Å². The van der Waals surface area contributed by atoms with E-state index < -0.39 is 56.5 Å². The number of amides is 1. The van der Waals surface area contributed by atoms with Gasteiger partial charge in [0.2, 0.25) is 4.38 Å². The Balaban J connectivity index is 1.79. The third kappa shape index (κ3) is 3.13. The summed E-state index contributed by atoms with van der Waals surface area (Å²) in [6, 6.07) is 5.57. The molecule has 1 amide bonds. The fourth-order valence-corrected chi connectivity index (χ4v) is 8.20. The second kappa shape index (κ2) is 7.33.